The van der Waals surface area contributed by atoms with E-state index in [9.17, 15) is 4.79 Å². The molecule has 1 aliphatic rings. The first kappa shape index (κ1) is 14.2. The van der Waals surface area contributed by atoms with Gasteiger partial charge in [0.15, 0.2) is 0 Å². The van der Waals surface area contributed by atoms with Crippen molar-refractivity contribution >= 4 is 23.6 Å². The summed E-state index contributed by atoms with van der Waals surface area (Å²) in [5.41, 5.74) is 1.10. The molecular weight excluding hydrogens is 258 g/mol. The molecular formula is C14H21N3OS. The molecule has 1 aromatic rings. The van der Waals surface area contributed by atoms with Crippen LogP contribution in [0.3, 0.4) is 0 Å². The van der Waals surface area contributed by atoms with Gasteiger partial charge in [-0.1, -0.05) is 6.42 Å². The lowest BCUT2D eigenvalue weighted by Gasteiger charge is -2.23. The van der Waals surface area contributed by atoms with E-state index >= 15 is 0 Å². The lowest BCUT2D eigenvalue weighted by atomic mass is 10.2. The number of aryl methyl sites for hydroxylation is 1. The molecule has 0 saturated carbocycles. The van der Waals surface area contributed by atoms with Crippen molar-refractivity contribution in [3.8, 4) is 0 Å². The molecule has 104 valence electrons. The first-order valence-corrected chi connectivity index (χ1v) is 7.99. The highest BCUT2D eigenvalue weighted by Crippen LogP contribution is 2.20. The van der Waals surface area contributed by atoms with Gasteiger partial charge in [0.1, 0.15) is 5.82 Å². The van der Waals surface area contributed by atoms with Crippen LogP contribution in [0.4, 0.5) is 10.6 Å². The Balaban J connectivity index is 1.98. The molecule has 1 atom stereocenters. The molecule has 1 N–H and O–H groups in total. The summed E-state index contributed by atoms with van der Waals surface area (Å²) in [5, 5.41) is 3.45. The molecule has 2 rings (SSSR count). The number of hydrogen-bond donors (Lipinski definition) is 1. The lowest BCUT2D eigenvalue weighted by molar-refractivity contribution is 0.214. The highest BCUT2D eigenvalue weighted by molar-refractivity contribution is 7.99. The van der Waals surface area contributed by atoms with E-state index in [0.717, 1.165) is 25.1 Å². The Morgan fingerprint density at radius 2 is 2.37 bits per heavy atom. The maximum Gasteiger partial charge on any atom is 0.323 e. The quantitative estimate of drug-likeness (QED) is 0.904. The number of amides is 2. The third-order valence-corrected chi connectivity index (χ3v) is 4.45. The SMILES string of the molecule is CS[C@@H]1CCCCN(C(=O)Nc2cc(C)ccn2)C1. The van der Waals surface area contributed by atoms with Crippen LogP contribution < -0.4 is 5.32 Å². The standard InChI is InChI=1S/C14H21N3OS/c1-11-6-7-15-13(9-11)16-14(18)17-8-4-3-5-12(10-17)19-2/h6-7,9,12H,3-5,8,10H2,1-2H3,(H,15,16,18)/t12-/m1/s1. The van der Waals surface area contributed by atoms with E-state index in [1.165, 1.54) is 12.8 Å². The van der Waals surface area contributed by atoms with Crippen LogP contribution in [0, 0.1) is 6.92 Å². The number of rotatable bonds is 2. The third-order valence-electron chi connectivity index (χ3n) is 3.40. The van der Waals surface area contributed by atoms with Gasteiger partial charge >= 0.3 is 6.03 Å². The van der Waals surface area contributed by atoms with Gasteiger partial charge in [0, 0.05) is 24.5 Å². The van der Waals surface area contributed by atoms with E-state index in [0.29, 0.717) is 11.1 Å². The predicted octanol–water partition coefficient (Wildman–Crippen LogP) is 3.14. The van der Waals surface area contributed by atoms with Crippen molar-refractivity contribution in [1.29, 1.82) is 0 Å². The molecule has 0 bridgehead atoms. The molecule has 1 aliphatic heterocycles. The number of anilines is 1. The number of carbonyl (C=O) groups excluding carboxylic acids is 1. The topological polar surface area (TPSA) is 45.2 Å². The molecule has 1 fully saturated rings. The summed E-state index contributed by atoms with van der Waals surface area (Å²) in [4.78, 5) is 18.3. The Labute approximate surface area is 119 Å². The van der Waals surface area contributed by atoms with Crippen molar-refractivity contribution in [3.63, 3.8) is 0 Å². The second kappa shape index (κ2) is 6.80. The van der Waals surface area contributed by atoms with Crippen molar-refractivity contribution in [2.24, 2.45) is 0 Å². The van der Waals surface area contributed by atoms with Crippen LogP contribution in [0.2, 0.25) is 0 Å². The normalized spacial score (nSPS) is 19.9. The smallest absolute Gasteiger partial charge is 0.323 e. The van der Waals surface area contributed by atoms with Gasteiger partial charge in [0.2, 0.25) is 0 Å². The first-order chi connectivity index (χ1) is 9.19. The molecule has 0 aliphatic carbocycles. The Hall–Kier alpha value is -1.23. The van der Waals surface area contributed by atoms with E-state index in [1.807, 2.05) is 35.7 Å². The number of carbonyl (C=O) groups is 1. The lowest BCUT2D eigenvalue weighted by Crippen LogP contribution is -2.38. The second-order valence-electron chi connectivity index (χ2n) is 4.95. The van der Waals surface area contributed by atoms with E-state index < -0.39 is 0 Å². The number of hydrogen-bond acceptors (Lipinski definition) is 3. The van der Waals surface area contributed by atoms with Gasteiger partial charge in [-0.3, -0.25) is 5.32 Å². The maximum atomic E-state index is 12.3. The van der Waals surface area contributed by atoms with Crippen molar-refractivity contribution in [1.82, 2.24) is 9.88 Å². The number of thioether (sulfide) groups is 1. The summed E-state index contributed by atoms with van der Waals surface area (Å²) < 4.78 is 0. The zero-order valence-electron chi connectivity index (χ0n) is 11.6. The van der Waals surface area contributed by atoms with E-state index in [1.54, 1.807) is 6.20 Å². The summed E-state index contributed by atoms with van der Waals surface area (Å²) in [6.45, 7) is 3.67. The fourth-order valence-corrected chi connectivity index (χ4v) is 3.00. The summed E-state index contributed by atoms with van der Waals surface area (Å²) in [6.07, 6.45) is 7.34. The Bertz CT molecular complexity index is 438. The molecule has 2 amide bonds. The Morgan fingerprint density at radius 3 is 3.11 bits per heavy atom. The van der Waals surface area contributed by atoms with Crippen LogP contribution in [0.25, 0.3) is 0 Å². The maximum absolute atomic E-state index is 12.3. The fraction of sp³-hybridized carbons (Fsp3) is 0.571. The molecule has 19 heavy (non-hydrogen) atoms. The minimum atomic E-state index is -0.0287. The number of aromatic nitrogens is 1. The number of likely N-dealkylation sites (tertiary alicyclic amines) is 1. The van der Waals surface area contributed by atoms with Crippen LogP contribution in [0.15, 0.2) is 18.3 Å². The van der Waals surface area contributed by atoms with Crippen LogP contribution in [0.5, 0.6) is 0 Å². The minimum absolute atomic E-state index is 0.0287. The highest BCUT2D eigenvalue weighted by Gasteiger charge is 2.21. The molecule has 1 aromatic heterocycles. The summed E-state index contributed by atoms with van der Waals surface area (Å²) in [5.74, 6) is 0.634. The number of pyridine rings is 1. The Kier molecular flexibility index (Phi) is 5.07. The van der Waals surface area contributed by atoms with Crippen LogP contribution in [0.1, 0.15) is 24.8 Å². The number of urea groups is 1. The van der Waals surface area contributed by atoms with Crippen molar-refractivity contribution in [3.05, 3.63) is 23.9 Å². The number of nitrogens with zero attached hydrogens (tertiary/aromatic N) is 2. The molecule has 1 saturated heterocycles. The number of nitrogens with one attached hydrogen (secondary N) is 1. The summed E-state index contributed by atoms with van der Waals surface area (Å²) in [7, 11) is 0. The van der Waals surface area contributed by atoms with E-state index in [-0.39, 0.29) is 6.03 Å². The molecule has 5 heteroatoms. The monoisotopic (exact) mass is 279 g/mol. The van der Waals surface area contributed by atoms with Crippen LogP contribution in [-0.2, 0) is 0 Å². The zero-order chi connectivity index (χ0) is 13.7. The minimum Gasteiger partial charge on any atom is -0.323 e. The largest absolute Gasteiger partial charge is 0.323 e. The van der Waals surface area contributed by atoms with Crippen LogP contribution in [-0.4, -0.2) is 40.5 Å². The van der Waals surface area contributed by atoms with Gasteiger partial charge < -0.3 is 4.90 Å². The molecule has 0 radical (unpaired) electrons. The Morgan fingerprint density at radius 1 is 1.53 bits per heavy atom. The van der Waals surface area contributed by atoms with Crippen molar-refractivity contribution in [2.45, 2.75) is 31.4 Å². The van der Waals surface area contributed by atoms with Gasteiger partial charge in [-0.05, 0) is 43.7 Å². The summed E-state index contributed by atoms with van der Waals surface area (Å²) >= 11 is 1.85. The van der Waals surface area contributed by atoms with Gasteiger partial charge in [0.25, 0.3) is 0 Å². The molecule has 0 aromatic carbocycles. The highest BCUT2D eigenvalue weighted by atomic mass is 32.2. The van der Waals surface area contributed by atoms with Crippen molar-refractivity contribution < 1.29 is 4.79 Å². The van der Waals surface area contributed by atoms with E-state index in [2.05, 4.69) is 16.6 Å². The summed E-state index contributed by atoms with van der Waals surface area (Å²) in [6, 6.07) is 3.78. The fourth-order valence-electron chi connectivity index (χ4n) is 2.27. The molecule has 0 spiro atoms. The molecule has 4 nitrogen and oxygen atoms in total. The molecule has 0 unspecified atom stereocenters. The first-order valence-electron chi connectivity index (χ1n) is 6.70. The second-order valence-corrected chi connectivity index (χ2v) is 6.09. The van der Waals surface area contributed by atoms with Crippen LogP contribution >= 0.6 is 11.8 Å². The average Bonchev–Trinajstić information content (AvgIpc) is 2.64. The molecule has 2 heterocycles. The van der Waals surface area contributed by atoms with E-state index in [4.69, 9.17) is 0 Å². The average molecular weight is 279 g/mol. The van der Waals surface area contributed by atoms with Gasteiger partial charge in [-0.15, -0.1) is 0 Å². The van der Waals surface area contributed by atoms with Gasteiger partial charge in [-0.2, -0.15) is 11.8 Å². The van der Waals surface area contributed by atoms with Gasteiger partial charge in [-0.25, -0.2) is 9.78 Å². The van der Waals surface area contributed by atoms with Gasteiger partial charge in [0.05, 0.1) is 0 Å². The predicted molar refractivity (Wildman–Crippen MR) is 80.7 cm³/mol. The van der Waals surface area contributed by atoms with Crippen molar-refractivity contribution in [2.75, 3.05) is 24.7 Å². The zero-order valence-corrected chi connectivity index (χ0v) is 12.4. The third kappa shape index (κ3) is 4.13.